The number of Topliss-reactive ketones (excluding diaryl/α,β-unsaturated/α-hetero) is 1. The molecule has 2 rings (SSSR count). The number of carbonyl (C=O) groups excluding carboxylic acids is 4. The zero-order chi connectivity index (χ0) is 17.4. The third kappa shape index (κ3) is 3.01. The molecule has 2 aliphatic rings. The molecule has 0 aromatic heterocycles. The minimum Gasteiger partial charge on any atom is -0.455 e. The summed E-state index contributed by atoms with van der Waals surface area (Å²) in [5.41, 5.74) is -0.739. The van der Waals surface area contributed by atoms with Gasteiger partial charge in [0.1, 0.15) is 0 Å². The Bertz CT molecular complexity index is 651. The SMILES string of the molecule is CC(=O)NC1=N[C@]2(C(C)=O)[C@@H](OC(C)=O)C=C(C)C[C@@H]2C(=O)N1. The molecular formula is C15H19N3O5. The van der Waals surface area contributed by atoms with E-state index in [9.17, 15) is 19.2 Å². The molecule has 1 aliphatic heterocycles. The average Bonchev–Trinajstić information content (AvgIpc) is 2.38. The molecule has 0 spiro atoms. The molecule has 0 saturated carbocycles. The van der Waals surface area contributed by atoms with Gasteiger partial charge in [0.2, 0.25) is 17.8 Å². The highest BCUT2D eigenvalue weighted by atomic mass is 16.5. The van der Waals surface area contributed by atoms with E-state index in [4.69, 9.17) is 4.74 Å². The van der Waals surface area contributed by atoms with Crippen LogP contribution < -0.4 is 10.6 Å². The van der Waals surface area contributed by atoms with Gasteiger partial charge in [-0.15, -0.1) is 0 Å². The number of nitrogens with zero attached hydrogens (tertiary/aromatic N) is 1. The molecule has 8 nitrogen and oxygen atoms in total. The Hall–Kier alpha value is -2.51. The minimum absolute atomic E-state index is 0.112. The predicted molar refractivity (Wildman–Crippen MR) is 80.2 cm³/mol. The second kappa shape index (κ2) is 5.94. The number of hydrogen-bond donors (Lipinski definition) is 2. The van der Waals surface area contributed by atoms with Crippen molar-refractivity contribution < 1.29 is 23.9 Å². The van der Waals surface area contributed by atoms with Gasteiger partial charge in [0.15, 0.2) is 17.4 Å². The zero-order valence-electron chi connectivity index (χ0n) is 13.4. The van der Waals surface area contributed by atoms with E-state index in [1.807, 2.05) is 0 Å². The molecule has 1 aliphatic carbocycles. The standard InChI is InChI=1S/C15H19N3O5/c1-7-5-11-13(22)17-14(16-9(3)20)18-15(11,8(2)19)12(6-7)23-10(4)21/h6,11-12H,5H2,1-4H3,(H2,16,17,18,20,22)/t11-,12+,15+/m1/s1. The lowest BCUT2D eigenvalue weighted by molar-refractivity contribution is -0.154. The van der Waals surface area contributed by atoms with Gasteiger partial charge in [0.05, 0.1) is 5.92 Å². The number of amides is 2. The summed E-state index contributed by atoms with van der Waals surface area (Å²) in [6.45, 7) is 5.57. The highest BCUT2D eigenvalue weighted by molar-refractivity contribution is 6.10. The molecule has 0 aromatic carbocycles. The van der Waals surface area contributed by atoms with Crippen LogP contribution in [0.25, 0.3) is 0 Å². The van der Waals surface area contributed by atoms with Crippen molar-refractivity contribution in [2.75, 3.05) is 0 Å². The maximum Gasteiger partial charge on any atom is 0.303 e. The molecule has 124 valence electrons. The predicted octanol–water partition coefficient (Wildman–Crippen LogP) is -0.166. The number of esters is 1. The Morgan fingerprint density at radius 1 is 1.35 bits per heavy atom. The number of hydrogen-bond acceptors (Lipinski definition) is 6. The third-order valence-corrected chi connectivity index (χ3v) is 3.93. The highest BCUT2D eigenvalue weighted by Crippen LogP contribution is 2.41. The molecule has 1 heterocycles. The number of aliphatic imine (C=N–C) groups is 1. The van der Waals surface area contributed by atoms with Gasteiger partial charge in [0, 0.05) is 13.8 Å². The largest absolute Gasteiger partial charge is 0.455 e. The van der Waals surface area contributed by atoms with Crippen LogP contribution in [0.2, 0.25) is 0 Å². The van der Waals surface area contributed by atoms with Gasteiger partial charge in [-0.25, -0.2) is 4.99 Å². The number of ether oxygens (including phenoxy) is 1. The Labute approximate surface area is 133 Å². The summed E-state index contributed by atoms with van der Waals surface area (Å²) >= 11 is 0. The van der Waals surface area contributed by atoms with Gasteiger partial charge in [0.25, 0.3) is 0 Å². The highest BCUT2D eigenvalue weighted by Gasteiger charge is 2.58. The van der Waals surface area contributed by atoms with E-state index in [-0.39, 0.29) is 5.96 Å². The van der Waals surface area contributed by atoms with Gasteiger partial charge in [-0.2, -0.15) is 0 Å². The summed E-state index contributed by atoms with van der Waals surface area (Å²) in [4.78, 5) is 51.8. The van der Waals surface area contributed by atoms with Crippen LogP contribution in [0.1, 0.15) is 34.1 Å². The molecule has 0 radical (unpaired) electrons. The summed E-state index contributed by atoms with van der Waals surface area (Å²) < 4.78 is 5.26. The molecular weight excluding hydrogens is 302 g/mol. The summed E-state index contributed by atoms with van der Waals surface area (Å²) in [5, 5.41) is 4.86. The first-order chi connectivity index (χ1) is 10.7. The second-order valence-corrected chi connectivity index (χ2v) is 5.81. The lowest BCUT2D eigenvalue weighted by Gasteiger charge is -2.44. The fourth-order valence-corrected chi connectivity index (χ4v) is 3.03. The van der Waals surface area contributed by atoms with Gasteiger partial charge in [-0.05, 0) is 26.3 Å². The van der Waals surface area contributed by atoms with E-state index in [0.29, 0.717) is 6.42 Å². The molecule has 2 N–H and O–H groups in total. The molecule has 8 heteroatoms. The molecule has 3 atom stereocenters. The number of nitrogens with one attached hydrogen (secondary N) is 2. The van der Waals surface area contributed by atoms with Crippen LogP contribution in [0, 0.1) is 5.92 Å². The maximum atomic E-state index is 12.4. The van der Waals surface area contributed by atoms with E-state index in [1.54, 1.807) is 13.0 Å². The smallest absolute Gasteiger partial charge is 0.303 e. The monoisotopic (exact) mass is 321 g/mol. The van der Waals surface area contributed by atoms with Crippen molar-refractivity contribution in [2.24, 2.45) is 10.9 Å². The number of guanidine groups is 1. The Kier molecular flexibility index (Phi) is 4.35. The first-order valence-corrected chi connectivity index (χ1v) is 7.20. The average molecular weight is 321 g/mol. The van der Waals surface area contributed by atoms with E-state index in [0.717, 1.165) is 5.57 Å². The summed E-state index contributed by atoms with van der Waals surface area (Å²) in [6.07, 6.45) is 0.957. The van der Waals surface area contributed by atoms with E-state index >= 15 is 0 Å². The Balaban J connectivity index is 2.61. The number of allylic oxidation sites excluding steroid dienone is 1. The molecule has 23 heavy (non-hydrogen) atoms. The second-order valence-electron chi connectivity index (χ2n) is 5.81. The van der Waals surface area contributed by atoms with Gasteiger partial charge in [-0.1, -0.05) is 5.57 Å². The number of rotatable bonds is 2. The van der Waals surface area contributed by atoms with E-state index in [1.165, 1.54) is 20.8 Å². The van der Waals surface area contributed by atoms with Crippen LogP contribution in [-0.4, -0.2) is 41.2 Å². The van der Waals surface area contributed by atoms with Crippen molar-refractivity contribution in [2.45, 2.75) is 45.8 Å². The van der Waals surface area contributed by atoms with Crippen molar-refractivity contribution in [3.05, 3.63) is 11.6 Å². The summed E-state index contributed by atoms with van der Waals surface area (Å²) in [7, 11) is 0. The molecule has 0 bridgehead atoms. The van der Waals surface area contributed by atoms with Gasteiger partial charge >= 0.3 is 5.97 Å². The number of ketones is 1. The zero-order valence-corrected chi connectivity index (χ0v) is 13.4. The van der Waals surface area contributed by atoms with Crippen LogP contribution in [0.3, 0.4) is 0 Å². The van der Waals surface area contributed by atoms with Crippen molar-refractivity contribution in [3.8, 4) is 0 Å². The Morgan fingerprint density at radius 2 is 2.00 bits per heavy atom. The lowest BCUT2D eigenvalue weighted by atomic mass is 9.68. The van der Waals surface area contributed by atoms with Gasteiger partial charge in [-0.3, -0.25) is 29.8 Å². The lowest BCUT2D eigenvalue weighted by Crippen LogP contribution is -2.65. The van der Waals surface area contributed by atoms with Crippen LogP contribution in [0.5, 0.6) is 0 Å². The first kappa shape index (κ1) is 16.9. The fraction of sp³-hybridized carbons (Fsp3) is 0.533. The van der Waals surface area contributed by atoms with Crippen molar-refractivity contribution in [3.63, 3.8) is 0 Å². The van der Waals surface area contributed by atoms with Gasteiger partial charge < -0.3 is 4.74 Å². The van der Waals surface area contributed by atoms with Crippen LogP contribution in [0.15, 0.2) is 16.6 Å². The molecule has 0 saturated heterocycles. The maximum absolute atomic E-state index is 12.4. The van der Waals surface area contributed by atoms with Crippen molar-refractivity contribution in [1.29, 1.82) is 0 Å². The summed E-state index contributed by atoms with van der Waals surface area (Å²) in [6, 6.07) is 0. The van der Waals surface area contributed by atoms with Crippen LogP contribution in [-0.2, 0) is 23.9 Å². The molecule has 2 amide bonds. The molecule has 0 unspecified atom stereocenters. The van der Waals surface area contributed by atoms with E-state index < -0.39 is 41.1 Å². The van der Waals surface area contributed by atoms with Crippen LogP contribution in [0.4, 0.5) is 0 Å². The quantitative estimate of drug-likeness (QED) is 0.541. The molecule has 0 fully saturated rings. The third-order valence-electron chi connectivity index (χ3n) is 3.93. The Morgan fingerprint density at radius 3 is 2.52 bits per heavy atom. The summed E-state index contributed by atoms with van der Waals surface area (Å²) in [5.74, 6) is -2.78. The normalized spacial score (nSPS) is 29.5. The van der Waals surface area contributed by atoms with E-state index in [2.05, 4.69) is 15.6 Å². The number of carbonyl (C=O) groups is 4. The van der Waals surface area contributed by atoms with Crippen molar-refractivity contribution >= 4 is 29.5 Å². The minimum atomic E-state index is -1.56. The topological polar surface area (TPSA) is 114 Å². The van der Waals surface area contributed by atoms with Crippen LogP contribution >= 0.6 is 0 Å². The fourth-order valence-electron chi connectivity index (χ4n) is 3.03. The van der Waals surface area contributed by atoms with Crippen molar-refractivity contribution in [1.82, 2.24) is 10.6 Å². The first-order valence-electron chi connectivity index (χ1n) is 7.20. The number of fused-ring (bicyclic) bond motifs is 1. The molecule has 0 aromatic rings.